The van der Waals surface area contributed by atoms with Crippen LogP contribution in [0.4, 0.5) is 5.69 Å². The van der Waals surface area contributed by atoms with Gasteiger partial charge in [-0.3, -0.25) is 9.59 Å². The largest absolute Gasteiger partial charge is 0.467 e. The first-order chi connectivity index (χ1) is 13.1. The fourth-order valence-corrected chi connectivity index (χ4v) is 3.16. The van der Waals surface area contributed by atoms with Crippen LogP contribution < -0.4 is 10.2 Å². The molecule has 1 N–H and O–H groups in total. The van der Waals surface area contributed by atoms with Crippen molar-refractivity contribution < 1.29 is 19.1 Å². The molecule has 1 saturated heterocycles. The van der Waals surface area contributed by atoms with Crippen molar-refractivity contribution in [3.63, 3.8) is 0 Å². The van der Waals surface area contributed by atoms with E-state index in [4.69, 9.17) is 4.74 Å². The summed E-state index contributed by atoms with van der Waals surface area (Å²) in [5.41, 5.74) is 2.02. The predicted molar refractivity (Wildman–Crippen MR) is 101 cm³/mol. The quantitative estimate of drug-likeness (QED) is 0.796. The van der Waals surface area contributed by atoms with E-state index in [2.05, 4.69) is 5.32 Å². The Kier molecular flexibility index (Phi) is 5.86. The molecule has 0 aliphatic carbocycles. The lowest BCUT2D eigenvalue weighted by molar-refractivity contribution is -0.142. The number of hydrogen-bond acceptors (Lipinski definition) is 4. The monoisotopic (exact) mass is 366 g/mol. The molecule has 0 bridgehead atoms. The van der Waals surface area contributed by atoms with Gasteiger partial charge in [-0.1, -0.05) is 36.4 Å². The minimum atomic E-state index is -0.790. The Labute approximate surface area is 158 Å². The number of nitrogens with zero attached hydrogens (tertiary/aromatic N) is 1. The second-order valence-corrected chi connectivity index (χ2v) is 6.44. The van der Waals surface area contributed by atoms with Gasteiger partial charge in [0.1, 0.15) is 6.04 Å². The Morgan fingerprint density at radius 2 is 1.93 bits per heavy atom. The first-order valence-electron chi connectivity index (χ1n) is 8.91. The Hall–Kier alpha value is -3.15. The van der Waals surface area contributed by atoms with E-state index in [1.807, 2.05) is 36.4 Å². The number of nitrogens with one attached hydrogen (secondary N) is 1. The summed E-state index contributed by atoms with van der Waals surface area (Å²) < 4.78 is 4.83. The summed E-state index contributed by atoms with van der Waals surface area (Å²) in [5.74, 6) is -0.822. The second-order valence-electron chi connectivity index (χ2n) is 6.44. The first-order valence-corrected chi connectivity index (χ1v) is 8.91. The van der Waals surface area contributed by atoms with Crippen LogP contribution in [0.1, 0.15) is 28.8 Å². The van der Waals surface area contributed by atoms with E-state index >= 15 is 0 Å². The first kappa shape index (κ1) is 18.6. The third-order valence-corrected chi connectivity index (χ3v) is 4.57. The lowest BCUT2D eigenvalue weighted by Crippen LogP contribution is -2.43. The van der Waals surface area contributed by atoms with Crippen molar-refractivity contribution in [3.05, 3.63) is 65.7 Å². The zero-order valence-corrected chi connectivity index (χ0v) is 15.2. The summed E-state index contributed by atoms with van der Waals surface area (Å²) >= 11 is 0. The highest BCUT2D eigenvalue weighted by molar-refractivity contribution is 6.00. The highest BCUT2D eigenvalue weighted by Crippen LogP contribution is 2.22. The number of rotatable bonds is 6. The molecule has 1 aliphatic heterocycles. The predicted octanol–water partition coefficient (Wildman–Crippen LogP) is 2.33. The molecule has 0 unspecified atom stereocenters. The average Bonchev–Trinajstić information content (AvgIpc) is 3.13. The number of benzene rings is 2. The van der Waals surface area contributed by atoms with Gasteiger partial charge < -0.3 is 15.0 Å². The average molecular weight is 366 g/mol. The minimum Gasteiger partial charge on any atom is -0.467 e. The molecule has 6 nitrogen and oxygen atoms in total. The van der Waals surface area contributed by atoms with Crippen LogP contribution in [0.25, 0.3) is 0 Å². The zero-order chi connectivity index (χ0) is 19.2. The van der Waals surface area contributed by atoms with Crippen molar-refractivity contribution in [1.29, 1.82) is 0 Å². The third-order valence-electron chi connectivity index (χ3n) is 4.57. The standard InChI is InChI=1S/C21H22N2O4/c1-27-21(26)18(13-15-7-3-2-4-8-15)22-20(25)16-9-5-10-17(14-16)23-12-6-11-19(23)24/h2-5,7-10,14,18H,6,11-13H2,1H3,(H,22,25)/t18-/m0/s1. The molecule has 0 spiro atoms. The zero-order valence-electron chi connectivity index (χ0n) is 15.2. The fraction of sp³-hybridized carbons (Fsp3) is 0.286. The van der Waals surface area contributed by atoms with Crippen LogP contribution in [-0.4, -0.2) is 37.5 Å². The van der Waals surface area contributed by atoms with Crippen molar-refractivity contribution in [2.24, 2.45) is 0 Å². The summed E-state index contributed by atoms with van der Waals surface area (Å²) in [5, 5.41) is 2.74. The van der Waals surface area contributed by atoms with Gasteiger partial charge >= 0.3 is 5.97 Å². The molecule has 2 aromatic rings. The van der Waals surface area contributed by atoms with E-state index in [0.717, 1.165) is 12.0 Å². The molecule has 0 aromatic heterocycles. The molecular weight excluding hydrogens is 344 g/mol. The lowest BCUT2D eigenvalue weighted by atomic mass is 10.1. The van der Waals surface area contributed by atoms with E-state index in [1.54, 1.807) is 23.1 Å². The normalized spacial score (nSPS) is 14.7. The summed E-state index contributed by atoms with van der Waals surface area (Å²) in [6, 6.07) is 15.5. The summed E-state index contributed by atoms with van der Waals surface area (Å²) in [6.45, 7) is 0.655. The van der Waals surface area contributed by atoms with E-state index in [-0.39, 0.29) is 11.8 Å². The van der Waals surface area contributed by atoms with E-state index in [0.29, 0.717) is 30.6 Å². The number of anilines is 1. The van der Waals surface area contributed by atoms with Gasteiger partial charge in [-0.05, 0) is 30.2 Å². The molecule has 1 heterocycles. The van der Waals surface area contributed by atoms with Crippen molar-refractivity contribution in [1.82, 2.24) is 5.32 Å². The van der Waals surface area contributed by atoms with Crippen LogP contribution >= 0.6 is 0 Å². The lowest BCUT2D eigenvalue weighted by Gasteiger charge is -2.19. The van der Waals surface area contributed by atoms with Crippen LogP contribution in [0, 0.1) is 0 Å². The smallest absolute Gasteiger partial charge is 0.328 e. The minimum absolute atomic E-state index is 0.0593. The van der Waals surface area contributed by atoms with Crippen molar-refractivity contribution in [3.8, 4) is 0 Å². The molecule has 0 saturated carbocycles. The third kappa shape index (κ3) is 4.53. The number of carbonyl (C=O) groups excluding carboxylic acids is 3. The van der Waals surface area contributed by atoms with Crippen LogP contribution in [0.15, 0.2) is 54.6 Å². The van der Waals surface area contributed by atoms with Crippen LogP contribution in [-0.2, 0) is 20.7 Å². The molecule has 6 heteroatoms. The highest BCUT2D eigenvalue weighted by atomic mass is 16.5. The molecule has 1 aliphatic rings. The Morgan fingerprint density at radius 1 is 1.15 bits per heavy atom. The van der Waals surface area contributed by atoms with E-state index in [1.165, 1.54) is 7.11 Å². The van der Waals surface area contributed by atoms with Gasteiger partial charge in [0.05, 0.1) is 7.11 Å². The summed E-state index contributed by atoms with van der Waals surface area (Å²) in [4.78, 5) is 38.4. The SMILES string of the molecule is COC(=O)[C@H](Cc1ccccc1)NC(=O)c1cccc(N2CCCC2=O)c1. The Balaban J connectivity index is 1.75. The molecule has 1 atom stereocenters. The van der Waals surface area contributed by atoms with Gasteiger partial charge in [-0.2, -0.15) is 0 Å². The Morgan fingerprint density at radius 3 is 2.59 bits per heavy atom. The van der Waals surface area contributed by atoms with Crippen LogP contribution in [0.2, 0.25) is 0 Å². The van der Waals surface area contributed by atoms with Crippen molar-refractivity contribution in [2.75, 3.05) is 18.6 Å². The van der Waals surface area contributed by atoms with Crippen LogP contribution in [0.3, 0.4) is 0 Å². The van der Waals surface area contributed by atoms with Gasteiger partial charge in [0.15, 0.2) is 0 Å². The number of methoxy groups -OCH3 is 1. The summed E-state index contributed by atoms with van der Waals surface area (Å²) in [7, 11) is 1.30. The highest BCUT2D eigenvalue weighted by Gasteiger charge is 2.25. The maximum absolute atomic E-state index is 12.7. The fourth-order valence-electron chi connectivity index (χ4n) is 3.16. The number of ether oxygens (including phenoxy) is 1. The molecule has 0 radical (unpaired) electrons. The number of carbonyl (C=O) groups is 3. The maximum Gasteiger partial charge on any atom is 0.328 e. The number of amides is 2. The van der Waals surface area contributed by atoms with Gasteiger partial charge in [0, 0.05) is 30.6 Å². The van der Waals surface area contributed by atoms with E-state index in [9.17, 15) is 14.4 Å². The van der Waals surface area contributed by atoms with Crippen molar-refractivity contribution >= 4 is 23.5 Å². The van der Waals surface area contributed by atoms with Crippen LogP contribution in [0.5, 0.6) is 0 Å². The maximum atomic E-state index is 12.7. The topological polar surface area (TPSA) is 75.7 Å². The molecule has 2 aromatic carbocycles. The van der Waals surface area contributed by atoms with Gasteiger partial charge in [-0.25, -0.2) is 4.79 Å². The van der Waals surface area contributed by atoms with Gasteiger partial charge in [0.2, 0.25) is 5.91 Å². The summed E-state index contributed by atoms with van der Waals surface area (Å²) in [6.07, 6.45) is 1.68. The van der Waals surface area contributed by atoms with E-state index < -0.39 is 12.0 Å². The Bertz CT molecular complexity index is 835. The molecule has 2 amide bonds. The second kappa shape index (κ2) is 8.49. The number of hydrogen-bond donors (Lipinski definition) is 1. The molecule has 140 valence electrons. The molecular formula is C21H22N2O4. The molecule has 3 rings (SSSR count). The number of esters is 1. The van der Waals surface area contributed by atoms with Gasteiger partial charge in [0.25, 0.3) is 5.91 Å². The van der Waals surface area contributed by atoms with Crippen molar-refractivity contribution in [2.45, 2.75) is 25.3 Å². The molecule has 1 fully saturated rings. The van der Waals surface area contributed by atoms with Gasteiger partial charge in [-0.15, -0.1) is 0 Å². The molecule has 27 heavy (non-hydrogen) atoms.